The predicted octanol–water partition coefficient (Wildman–Crippen LogP) is 4.71. The molecule has 0 unspecified atom stereocenters. The van der Waals surface area contributed by atoms with Gasteiger partial charge in [0.25, 0.3) is 0 Å². The predicted molar refractivity (Wildman–Crippen MR) is 103 cm³/mol. The molecule has 0 aliphatic rings. The van der Waals surface area contributed by atoms with E-state index in [1.165, 1.54) is 6.07 Å². The molecule has 0 radical (unpaired) electrons. The lowest BCUT2D eigenvalue weighted by molar-refractivity contribution is -0.145. The highest BCUT2D eigenvalue weighted by molar-refractivity contribution is 8.00. The summed E-state index contributed by atoms with van der Waals surface area (Å²) in [5, 5.41) is 0.644. The zero-order valence-electron chi connectivity index (χ0n) is 15.3. The molecule has 0 N–H and O–H groups in total. The van der Waals surface area contributed by atoms with Gasteiger partial charge in [0.1, 0.15) is 5.03 Å². The fraction of sp³-hybridized carbons (Fsp3) is 0.250. The highest BCUT2D eigenvalue weighted by Crippen LogP contribution is 2.32. The van der Waals surface area contributed by atoms with Gasteiger partial charge >= 0.3 is 6.18 Å². The topological polar surface area (TPSA) is 46.1 Å². The summed E-state index contributed by atoms with van der Waals surface area (Å²) in [6.45, 7) is 2.40. The number of hydrogen-bond acceptors (Lipinski definition) is 4. The zero-order valence-corrected chi connectivity index (χ0v) is 16.1. The molecule has 0 aliphatic heterocycles. The molecule has 0 aliphatic carbocycles. The first-order valence-electron chi connectivity index (χ1n) is 8.51. The first-order chi connectivity index (χ1) is 13.3. The molecule has 0 atom stereocenters. The van der Waals surface area contributed by atoms with E-state index >= 15 is 0 Å². The van der Waals surface area contributed by atoms with Gasteiger partial charge in [-0.05, 0) is 24.1 Å². The van der Waals surface area contributed by atoms with Crippen molar-refractivity contribution in [3.63, 3.8) is 0 Å². The fourth-order valence-electron chi connectivity index (χ4n) is 2.66. The van der Waals surface area contributed by atoms with Crippen LogP contribution in [0.15, 0.2) is 53.6 Å². The van der Waals surface area contributed by atoms with E-state index in [0.29, 0.717) is 11.9 Å². The van der Waals surface area contributed by atoms with Crippen LogP contribution in [0, 0.1) is 6.92 Å². The third-order valence-corrected chi connectivity index (χ3v) is 5.22. The summed E-state index contributed by atoms with van der Waals surface area (Å²) in [4.78, 5) is 21.3. The second-order valence-corrected chi connectivity index (χ2v) is 7.30. The Morgan fingerprint density at radius 1 is 1.07 bits per heavy atom. The molecule has 28 heavy (non-hydrogen) atoms. The maximum absolute atomic E-state index is 13.1. The minimum atomic E-state index is -4.65. The number of benzene rings is 2. The minimum absolute atomic E-state index is 0.0132. The molecule has 3 aromatic rings. The van der Waals surface area contributed by atoms with E-state index in [1.807, 2.05) is 31.2 Å². The van der Waals surface area contributed by atoms with Crippen LogP contribution in [0.1, 0.15) is 17.0 Å². The van der Waals surface area contributed by atoms with Crippen molar-refractivity contribution in [2.45, 2.75) is 24.7 Å². The number of fused-ring (bicyclic) bond motifs is 1. The molecule has 0 saturated carbocycles. The number of aryl methyl sites for hydroxylation is 1. The quantitative estimate of drug-likeness (QED) is 0.456. The average molecular weight is 405 g/mol. The first kappa shape index (κ1) is 20.1. The molecule has 8 heteroatoms. The Hall–Kier alpha value is -2.61. The van der Waals surface area contributed by atoms with E-state index < -0.39 is 12.0 Å². The van der Waals surface area contributed by atoms with Gasteiger partial charge in [0.2, 0.25) is 11.7 Å². The van der Waals surface area contributed by atoms with Gasteiger partial charge < -0.3 is 4.90 Å². The first-order valence-corrected chi connectivity index (χ1v) is 9.49. The smallest absolute Gasteiger partial charge is 0.341 e. The Labute approximate surface area is 164 Å². The number of rotatable bonds is 5. The third-order valence-electron chi connectivity index (χ3n) is 4.25. The number of thioether (sulfide) groups is 1. The molecule has 1 heterocycles. The van der Waals surface area contributed by atoms with Crippen LogP contribution in [-0.4, -0.2) is 33.6 Å². The SMILES string of the molecule is Cc1ccccc1CN(C)C(=O)CSc1nc(C(F)(F)F)nc2ccccc12. The molecule has 3 rings (SSSR count). The Bertz CT molecular complexity index is 1010. The van der Waals surface area contributed by atoms with E-state index in [0.717, 1.165) is 22.9 Å². The number of halogens is 3. The molecular weight excluding hydrogens is 387 g/mol. The number of aromatic nitrogens is 2. The third kappa shape index (κ3) is 4.62. The molecule has 1 amide bonds. The largest absolute Gasteiger partial charge is 0.451 e. The van der Waals surface area contributed by atoms with Crippen LogP contribution < -0.4 is 0 Å². The van der Waals surface area contributed by atoms with Gasteiger partial charge in [0.15, 0.2) is 0 Å². The molecule has 0 saturated heterocycles. The van der Waals surface area contributed by atoms with Crippen LogP contribution in [0.25, 0.3) is 10.9 Å². The summed E-state index contributed by atoms with van der Waals surface area (Å²) in [5.74, 6) is -1.40. The Kier molecular flexibility index (Phi) is 5.88. The van der Waals surface area contributed by atoms with Crippen LogP contribution in [0.5, 0.6) is 0 Å². The lowest BCUT2D eigenvalue weighted by Crippen LogP contribution is -2.28. The summed E-state index contributed by atoms with van der Waals surface area (Å²) in [7, 11) is 1.68. The molecule has 146 valence electrons. The number of carbonyl (C=O) groups is 1. The minimum Gasteiger partial charge on any atom is -0.341 e. The van der Waals surface area contributed by atoms with Crippen LogP contribution in [0.3, 0.4) is 0 Å². The summed E-state index contributed by atoms with van der Waals surface area (Å²) < 4.78 is 39.3. The Morgan fingerprint density at radius 2 is 1.75 bits per heavy atom. The Balaban J connectivity index is 1.77. The summed E-state index contributed by atoms with van der Waals surface area (Å²) >= 11 is 0.989. The van der Waals surface area contributed by atoms with Gasteiger partial charge in [-0.15, -0.1) is 0 Å². The maximum Gasteiger partial charge on any atom is 0.451 e. The second kappa shape index (κ2) is 8.18. The van der Waals surface area contributed by atoms with Crippen molar-refractivity contribution in [1.82, 2.24) is 14.9 Å². The molecule has 1 aromatic heterocycles. The lowest BCUT2D eigenvalue weighted by Gasteiger charge is -2.18. The van der Waals surface area contributed by atoms with E-state index in [4.69, 9.17) is 0 Å². The van der Waals surface area contributed by atoms with Crippen molar-refractivity contribution in [2.24, 2.45) is 0 Å². The van der Waals surface area contributed by atoms with Crippen molar-refractivity contribution >= 4 is 28.6 Å². The standard InChI is InChI=1S/C20H18F3N3OS/c1-13-7-3-4-8-14(13)11-26(2)17(27)12-28-18-15-9-5-6-10-16(15)24-19(25-18)20(21,22)23/h3-10H,11-12H2,1-2H3. The van der Waals surface area contributed by atoms with Gasteiger partial charge in [-0.2, -0.15) is 13.2 Å². The molecule has 0 bridgehead atoms. The normalized spacial score (nSPS) is 11.6. The summed E-state index contributed by atoms with van der Waals surface area (Å²) in [6.07, 6.45) is -4.65. The average Bonchev–Trinajstić information content (AvgIpc) is 2.66. The van der Waals surface area contributed by atoms with Crippen LogP contribution in [0.2, 0.25) is 0 Å². The molecule has 4 nitrogen and oxygen atoms in total. The maximum atomic E-state index is 13.1. The highest BCUT2D eigenvalue weighted by Gasteiger charge is 2.35. The number of nitrogens with zero attached hydrogens (tertiary/aromatic N) is 3. The van der Waals surface area contributed by atoms with Gasteiger partial charge in [0, 0.05) is 19.0 Å². The van der Waals surface area contributed by atoms with E-state index in [9.17, 15) is 18.0 Å². The van der Waals surface area contributed by atoms with Crippen molar-refractivity contribution < 1.29 is 18.0 Å². The highest BCUT2D eigenvalue weighted by atomic mass is 32.2. The van der Waals surface area contributed by atoms with Crippen molar-refractivity contribution in [3.05, 3.63) is 65.5 Å². The molecular formula is C20H18F3N3OS. The number of amides is 1. The van der Waals surface area contributed by atoms with Crippen molar-refractivity contribution in [2.75, 3.05) is 12.8 Å². The van der Waals surface area contributed by atoms with Crippen LogP contribution >= 0.6 is 11.8 Å². The molecule has 0 spiro atoms. The summed E-state index contributed by atoms with van der Waals surface area (Å²) in [6, 6.07) is 14.2. The van der Waals surface area contributed by atoms with Crippen molar-refractivity contribution in [1.29, 1.82) is 0 Å². The van der Waals surface area contributed by atoms with E-state index in [-0.39, 0.29) is 22.2 Å². The van der Waals surface area contributed by atoms with E-state index in [1.54, 1.807) is 30.1 Å². The number of alkyl halides is 3. The van der Waals surface area contributed by atoms with Crippen LogP contribution in [-0.2, 0) is 17.5 Å². The molecule has 0 fully saturated rings. The van der Waals surface area contributed by atoms with E-state index in [2.05, 4.69) is 9.97 Å². The number of para-hydroxylation sites is 1. The monoisotopic (exact) mass is 405 g/mol. The van der Waals surface area contributed by atoms with Gasteiger partial charge in [0.05, 0.1) is 11.3 Å². The lowest BCUT2D eigenvalue weighted by atomic mass is 10.1. The Morgan fingerprint density at radius 3 is 2.46 bits per heavy atom. The second-order valence-electron chi connectivity index (χ2n) is 6.33. The van der Waals surface area contributed by atoms with Crippen LogP contribution in [0.4, 0.5) is 13.2 Å². The van der Waals surface area contributed by atoms with Gasteiger partial charge in [-0.1, -0.05) is 54.2 Å². The number of hydrogen-bond donors (Lipinski definition) is 0. The van der Waals surface area contributed by atoms with Gasteiger partial charge in [-0.3, -0.25) is 4.79 Å². The van der Waals surface area contributed by atoms with Gasteiger partial charge in [-0.25, -0.2) is 9.97 Å². The van der Waals surface area contributed by atoms with Crippen molar-refractivity contribution in [3.8, 4) is 0 Å². The fourth-order valence-corrected chi connectivity index (χ4v) is 3.62. The molecule has 2 aromatic carbocycles. The zero-order chi connectivity index (χ0) is 20.3. The number of carbonyl (C=O) groups excluding carboxylic acids is 1. The summed E-state index contributed by atoms with van der Waals surface area (Å²) in [5.41, 5.74) is 2.30.